The van der Waals surface area contributed by atoms with Gasteiger partial charge in [-0.25, -0.2) is 0 Å². The summed E-state index contributed by atoms with van der Waals surface area (Å²) in [5, 5.41) is 15.2. The molecule has 1 fully saturated rings. The van der Waals surface area contributed by atoms with E-state index in [-0.39, 0.29) is 10.9 Å². The molecule has 114 valence electrons. The molecule has 0 aromatic heterocycles. The van der Waals surface area contributed by atoms with Crippen molar-refractivity contribution in [3.05, 3.63) is 28.2 Å². The highest BCUT2D eigenvalue weighted by Crippen LogP contribution is 2.35. The quantitative estimate of drug-likeness (QED) is 0.343. The second-order valence-electron chi connectivity index (χ2n) is 4.74. The first kappa shape index (κ1) is 15.9. The molecule has 1 aromatic carbocycles. The molecule has 2 rings (SSSR count). The molecule has 1 heterocycles. The average molecular weight is 332 g/mol. The maximum absolute atomic E-state index is 12.6. The number of oxime groups is 1. The monoisotopic (exact) mass is 331 g/mol. The van der Waals surface area contributed by atoms with Crippen LogP contribution in [0.1, 0.15) is 12.8 Å². The van der Waals surface area contributed by atoms with Gasteiger partial charge in [0.1, 0.15) is 5.41 Å². The second kappa shape index (κ2) is 6.51. The van der Waals surface area contributed by atoms with Crippen LogP contribution in [0.4, 0.5) is 5.69 Å². The van der Waals surface area contributed by atoms with E-state index >= 15 is 0 Å². The van der Waals surface area contributed by atoms with Crippen LogP contribution in [0, 0.1) is 5.41 Å². The molecule has 0 saturated carbocycles. The smallest absolute Gasteiger partial charge is 0.238 e. The maximum atomic E-state index is 12.6. The number of amides is 1. The van der Waals surface area contributed by atoms with Gasteiger partial charge in [-0.2, -0.15) is 0 Å². The molecule has 1 aromatic rings. The van der Waals surface area contributed by atoms with Gasteiger partial charge in [-0.1, -0.05) is 34.4 Å². The van der Waals surface area contributed by atoms with E-state index in [1.54, 1.807) is 18.2 Å². The molecular formula is C13H15Cl2N3O3. The minimum atomic E-state index is -1.11. The number of carbonyl (C=O) groups excluding carboxylic acids is 1. The molecule has 0 atom stereocenters. The van der Waals surface area contributed by atoms with Gasteiger partial charge in [0.25, 0.3) is 0 Å². The third kappa shape index (κ3) is 3.07. The minimum Gasteiger partial charge on any atom is -0.409 e. The molecular weight excluding hydrogens is 317 g/mol. The topological polar surface area (TPSA) is 96.9 Å². The molecule has 1 aliphatic heterocycles. The Morgan fingerprint density at radius 2 is 2.05 bits per heavy atom. The van der Waals surface area contributed by atoms with E-state index in [4.69, 9.17) is 38.9 Å². The van der Waals surface area contributed by atoms with Crippen LogP contribution in [0.2, 0.25) is 10.0 Å². The van der Waals surface area contributed by atoms with Crippen molar-refractivity contribution in [1.82, 2.24) is 0 Å². The van der Waals surface area contributed by atoms with Gasteiger partial charge in [-0.05, 0) is 25.0 Å². The fourth-order valence-electron chi connectivity index (χ4n) is 2.26. The van der Waals surface area contributed by atoms with Crippen molar-refractivity contribution < 1.29 is 14.7 Å². The Morgan fingerprint density at radius 3 is 2.67 bits per heavy atom. The Labute approximate surface area is 131 Å². The predicted molar refractivity (Wildman–Crippen MR) is 81.0 cm³/mol. The van der Waals surface area contributed by atoms with Crippen molar-refractivity contribution in [2.24, 2.45) is 16.3 Å². The number of benzene rings is 1. The van der Waals surface area contributed by atoms with E-state index in [0.29, 0.717) is 36.8 Å². The lowest BCUT2D eigenvalue weighted by Crippen LogP contribution is -2.50. The lowest BCUT2D eigenvalue weighted by molar-refractivity contribution is -0.126. The molecule has 4 N–H and O–H groups in total. The van der Waals surface area contributed by atoms with Crippen molar-refractivity contribution in [1.29, 1.82) is 0 Å². The molecule has 0 radical (unpaired) electrons. The molecule has 8 heteroatoms. The number of nitrogens with zero attached hydrogens (tertiary/aromatic N) is 1. The van der Waals surface area contributed by atoms with Gasteiger partial charge in [0.2, 0.25) is 5.91 Å². The van der Waals surface area contributed by atoms with Crippen molar-refractivity contribution in [3.63, 3.8) is 0 Å². The molecule has 1 saturated heterocycles. The Bertz CT molecular complexity index is 572. The van der Waals surface area contributed by atoms with E-state index < -0.39 is 11.3 Å². The zero-order chi connectivity index (χ0) is 15.5. The van der Waals surface area contributed by atoms with Gasteiger partial charge < -0.3 is 21.0 Å². The third-order valence-corrected chi connectivity index (χ3v) is 4.40. The molecule has 1 aliphatic rings. The number of anilines is 1. The van der Waals surface area contributed by atoms with Crippen molar-refractivity contribution in [2.75, 3.05) is 18.5 Å². The number of halogens is 2. The number of nitrogens with one attached hydrogen (secondary N) is 1. The van der Waals surface area contributed by atoms with Gasteiger partial charge in [0, 0.05) is 13.2 Å². The molecule has 0 aliphatic carbocycles. The normalized spacial score (nSPS) is 18.3. The number of ether oxygens (including phenoxy) is 1. The van der Waals surface area contributed by atoms with Crippen LogP contribution < -0.4 is 11.1 Å². The first-order valence-corrected chi connectivity index (χ1v) is 7.08. The third-order valence-electron chi connectivity index (χ3n) is 3.58. The van der Waals surface area contributed by atoms with Gasteiger partial charge in [0.05, 0.1) is 15.7 Å². The highest BCUT2D eigenvalue weighted by atomic mass is 35.5. The Morgan fingerprint density at radius 1 is 1.38 bits per heavy atom. The maximum Gasteiger partial charge on any atom is 0.238 e. The Hall–Kier alpha value is -1.50. The summed E-state index contributed by atoms with van der Waals surface area (Å²) in [6.07, 6.45) is 0.653. The minimum absolute atomic E-state index is 0.138. The summed E-state index contributed by atoms with van der Waals surface area (Å²) in [7, 11) is 0. The van der Waals surface area contributed by atoms with E-state index in [1.165, 1.54) is 0 Å². The molecule has 0 spiro atoms. The van der Waals surface area contributed by atoms with Crippen molar-refractivity contribution in [3.8, 4) is 0 Å². The Balaban J connectivity index is 2.29. The molecule has 0 bridgehead atoms. The zero-order valence-electron chi connectivity index (χ0n) is 11.1. The van der Waals surface area contributed by atoms with Crippen LogP contribution in [0.25, 0.3) is 0 Å². The van der Waals surface area contributed by atoms with Gasteiger partial charge >= 0.3 is 0 Å². The number of nitrogens with two attached hydrogens (primary N) is 1. The first-order chi connectivity index (χ1) is 10.0. The standard InChI is InChI=1S/C13H15Cl2N3O3/c14-8-2-1-3-9(10(8)15)17-12(19)13(11(16)18-20)4-6-21-7-5-13/h1-3,20H,4-7H2,(H2,16,18)(H,17,19). The lowest BCUT2D eigenvalue weighted by atomic mass is 9.78. The largest absolute Gasteiger partial charge is 0.409 e. The van der Waals surface area contributed by atoms with Crippen LogP contribution in [0.3, 0.4) is 0 Å². The molecule has 21 heavy (non-hydrogen) atoms. The summed E-state index contributed by atoms with van der Waals surface area (Å²) in [5.74, 6) is -0.535. The van der Waals surface area contributed by atoms with Gasteiger partial charge in [-0.3, -0.25) is 4.79 Å². The highest BCUT2D eigenvalue weighted by Gasteiger charge is 2.44. The second-order valence-corrected chi connectivity index (χ2v) is 5.52. The van der Waals surface area contributed by atoms with Crippen molar-refractivity contribution >= 4 is 40.6 Å². The van der Waals surface area contributed by atoms with Crippen LogP contribution in [0.5, 0.6) is 0 Å². The predicted octanol–water partition coefficient (Wildman–Crippen LogP) is 2.48. The van der Waals surface area contributed by atoms with E-state index in [1.807, 2.05) is 0 Å². The fourth-order valence-corrected chi connectivity index (χ4v) is 2.61. The van der Waals surface area contributed by atoms with E-state index in [9.17, 15) is 4.79 Å². The van der Waals surface area contributed by atoms with Crippen LogP contribution in [-0.2, 0) is 9.53 Å². The average Bonchev–Trinajstić information content (AvgIpc) is 2.51. The SMILES string of the molecule is NC(=NO)C1(C(=O)Nc2cccc(Cl)c2Cl)CCOCC1. The summed E-state index contributed by atoms with van der Waals surface area (Å²) in [6.45, 7) is 0.708. The van der Waals surface area contributed by atoms with Crippen LogP contribution >= 0.6 is 23.2 Å². The lowest BCUT2D eigenvalue weighted by Gasteiger charge is -2.34. The summed E-state index contributed by atoms with van der Waals surface area (Å²) in [5.41, 5.74) is 5.00. The number of carbonyl (C=O) groups is 1. The summed E-state index contributed by atoms with van der Waals surface area (Å²) in [4.78, 5) is 12.6. The van der Waals surface area contributed by atoms with Crippen LogP contribution in [0.15, 0.2) is 23.4 Å². The van der Waals surface area contributed by atoms with Gasteiger partial charge in [0.15, 0.2) is 5.84 Å². The number of rotatable bonds is 3. The summed E-state index contributed by atoms with van der Waals surface area (Å²) in [6, 6.07) is 4.92. The summed E-state index contributed by atoms with van der Waals surface area (Å²) >= 11 is 12.0. The number of hydrogen-bond acceptors (Lipinski definition) is 4. The fraction of sp³-hybridized carbons (Fsp3) is 0.385. The van der Waals surface area contributed by atoms with Crippen LogP contribution in [-0.4, -0.2) is 30.2 Å². The highest BCUT2D eigenvalue weighted by molar-refractivity contribution is 6.44. The summed E-state index contributed by atoms with van der Waals surface area (Å²) < 4.78 is 5.24. The number of amidine groups is 1. The molecule has 0 unspecified atom stereocenters. The first-order valence-electron chi connectivity index (χ1n) is 6.32. The zero-order valence-corrected chi connectivity index (χ0v) is 12.6. The van der Waals surface area contributed by atoms with Gasteiger partial charge in [-0.15, -0.1) is 0 Å². The van der Waals surface area contributed by atoms with E-state index in [2.05, 4.69) is 10.5 Å². The molecule has 1 amide bonds. The molecule has 6 nitrogen and oxygen atoms in total. The Kier molecular flexibility index (Phi) is 4.92. The van der Waals surface area contributed by atoms with Crippen molar-refractivity contribution in [2.45, 2.75) is 12.8 Å². The van der Waals surface area contributed by atoms with E-state index in [0.717, 1.165) is 0 Å². The number of hydrogen-bond donors (Lipinski definition) is 3.